The lowest BCUT2D eigenvalue weighted by Crippen LogP contribution is -2.46. The minimum absolute atomic E-state index is 0.0246. The third kappa shape index (κ3) is 3.43. The summed E-state index contributed by atoms with van der Waals surface area (Å²) in [6.07, 6.45) is 2.92. The predicted molar refractivity (Wildman–Crippen MR) is 73.9 cm³/mol. The fourth-order valence-corrected chi connectivity index (χ4v) is 2.43. The lowest BCUT2D eigenvalue weighted by atomic mass is 10.1. The number of nitro groups is 1. The largest absolute Gasteiger partial charge is 0.348 e. The van der Waals surface area contributed by atoms with Crippen molar-refractivity contribution < 1.29 is 9.72 Å². The van der Waals surface area contributed by atoms with Crippen LogP contribution in [0.15, 0.2) is 12.3 Å². The van der Waals surface area contributed by atoms with E-state index >= 15 is 0 Å². The molecule has 20 heavy (non-hydrogen) atoms. The maximum atomic E-state index is 12.1. The van der Waals surface area contributed by atoms with Crippen molar-refractivity contribution in [3.8, 4) is 0 Å². The summed E-state index contributed by atoms with van der Waals surface area (Å²) < 4.78 is 0. The molecule has 0 bridgehead atoms. The molecular formula is C12H15ClN4O3. The molecule has 108 valence electrons. The molecule has 0 radical (unpaired) electrons. The lowest BCUT2D eigenvalue weighted by Gasteiger charge is -2.30. The Morgan fingerprint density at radius 1 is 1.65 bits per heavy atom. The maximum Gasteiger partial charge on any atom is 0.288 e. The number of likely N-dealkylation sites (tertiary alicyclic amines) is 1. The molecule has 1 aliphatic rings. The van der Waals surface area contributed by atoms with Crippen LogP contribution in [-0.4, -0.2) is 46.9 Å². The lowest BCUT2D eigenvalue weighted by molar-refractivity contribution is -0.385. The van der Waals surface area contributed by atoms with E-state index in [9.17, 15) is 14.9 Å². The van der Waals surface area contributed by atoms with Gasteiger partial charge in [-0.3, -0.25) is 14.9 Å². The van der Waals surface area contributed by atoms with Gasteiger partial charge in [-0.2, -0.15) is 0 Å². The highest BCUT2D eigenvalue weighted by Crippen LogP contribution is 2.19. The van der Waals surface area contributed by atoms with Crippen molar-refractivity contribution in [3.05, 3.63) is 33.1 Å². The van der Waals surface area contributed by atoms with Crippen molar-refractivity contribution in [2.45, 2.75) is 18.9 Å². The van der Waals surface area contributed by atoms with E-state index in [0.29, 0.717) is 0 Å². The number of halogens is 1. The number of carbonyl (C=O) groups is 1. The molecule has 2 heterocycles. The number of hydrogen-bond donors (Lipinski definition) is 1. The Labute approximate surface area is 121 Å². The van der Waals surface area contributed by atoms with E-state index in [1.807, 2.05) is 7.05 Å². The van der Waals surface area contributed by atoms with E-state index in [-0.39, 0.29) is 22.4 Å². The van der Waals surface area contributed by atoms with Crippen molar-refractivity contribution in [2.75, 3.05) is 20.1 Å². The van der Waals surface area contributed by atoms with Crippen LogP contribution >= 0.6 is 11.6 Å². The molecule has 1 saturated heterocycles. The van der Waals surface area contributed by atoms with Gasteiger partial charge in [-0.15, -0.1) is 0 Å². The zero-order chi connectivity index (χ0) is 14.7. The number of carbonyl (C=O) groups excluding carboxylic acids is 1. The minimum atomic E-state index is -0.603. The fourth-order valence-electron chi connectivity index (χ4n) is 2.24. The van der Waals surface area contributed by atoms with Crippen LogP contribution in [0.4, 0.5) is 5.69 Å². The second-order valence-electron chi connectivity index (χ2n) is 4.86. The van der Waals surface area contributed by atoms with Crippen LogP contribution in [0, 0.1) is 10.1 Å². The molecule has 0 aromatic carbocycles. The van der Waals surface area contributed by atoms with Gasteiger partial charge in [0.05, 0.1) is 10.5 Å². The Morgan fingerprint density at radius 3 is 3.05 bits per heavy atom. The quantitative estimate of drug-likeness (QED) is 0.518. The standard InChI is InChI=1S/C12H15ClN4O3/c1-16-4-2-3-8(7-16)15-12(18)10-5-9(17(19)20)6-14-11(10)13/h5-6,8H,2-4,7H2,1H3,(H,15,18). The average Bonchev–Trinajstić information content (AvgIpc) is 2.38. The molecular weight excluding hydrogens is 284 g/mol. The van der Waals surface area contributed by atoms with Crippen LogP contribution < -0.4 is 5.32 Å². The Balaban J connectivity index is 2.12. The molecule has 8 heteroatoms. The van der Waals surface area contributed by atoms with Crippen LogP contribution in [0.25, 0.3) is 0 Å². The first-order valence-corrected chi connectivity index (χ1v) is 6.64. The van der Waals surface area contributed by atoms with E-state index in [2.05, 4.69) is 15.2 Å². The molecule has 1 aromatic heterocycles. The number of amides is 1. The number of hydrogen-bond acceptors (Lipinski definition) is 5. The number of likely N-dealkylation sites (N-methyl/N-ethyl adjacent to an activating group) is 1. The van der Waals surface area contributed by atoms with Crippen molar-refractivity contribution >= 4 is 23.2 Å². The summed E-state index contributed by atoms with van der Waals surface area (Å²) in [7, 11) is 1.99. The third-order valence-corrected chi connectivity index (χ3v) is 3.54. The highest BCUT2D eigenvalue weighted by Gasteiger charge is 2.22. The first-order chi connectivity index (χ1) is 9.47. The molecule has 1 aromatic rings. The summed E-state index contributed by atoms with van der Waals surface area (Å²) in [6.45, 7) is 1.76. The molecule has 1 atom stereocenters. The number of nitrogens with zero attached hydrogens (tertiary/aromatic N) is 3. The van der Waals surface area contributed by atoms with Gasteiger partial charge in [0, 0.05) is 18.7 Å². The van der Waals surface area contributed by atoms with Crippen LogP contribution in [-0.2, 0) is 0 Å². The van der Waals surface area contributed by atoms with Gasteiger partial charge in [-0.1, -0.05) is 11.6 Å². The van der Waals surface area contributed by atoms with E-state index < -0.39 is 10.8 Å². The van der Waals surface area contributed by atoms with Gasteiger partial charge in [0.15, 0.2) is 0 Å². The zero-order valence-corrected chi connectivity index (χ0v) is 11.8. The molecule has 1 fully saturated rings. The van der Waals surface area contributed by atoms with Gasteiger partial charge in [0.2, 0.25) is 0 Å². The molecule has 2 rings (SSSR count). The predicted octanol–water partition coefficient (Wildman–Crippen LogP) is 1.47. The Hall–Kier alpha value is -1.73. The molecule has 0 aliphatic carbocycles. The molecule has 1 N–H and O–H groups in total. The molecule has 1 aliphatic heterocycles. The molecule has 0 saturated carbocycles. The summed E-state index contributed by atoms with van der Waals surface area (Å²) >= 11 is 5.84. The van der Waals surface area contributed by atoms with Gasteiger partial charge in [0.25, 0.3) is 11.6 Å². The van der Waals surface area contributed by atoms with Crippen molar-refractivity contribution in [3.63, 3.8) is 0 Å². The Kier molecular flexibility index (Phi) is 4.51. The molecule has 7 nitrogen and oxygen atoms in total. The van der Waals surface area contributed by atoms with Crippen molar-refractivity contribution in [1.29, 1.82) is 0 Å². The highest BCUT2D eigenvalue weighted by molar-refractivity contribution is 6.32. The number of rotatable bonds is 3. The zero-order valence-electron chi connectivity index (χ0n) is 11.0. The maximum absolute atomic E-state index is 12.1. The number of pyridine rings is 1. The third-order valence-electron chi connectivity index (χ3n) is 3.24. The number of aromatic nitrogens is 1. The first kappa shape index (κ1) is 14.7. The minimum Gasteiger partial charge on any atom is -0.348 e. The summed E-state index contributed by atoms with van der Waals surface area (Å²) in [5, 5.41) is 13.5. The first-order valence-electron chi connectivity index (χ1n) is 6.26. The van der Waals surface area contributed by atoms with Gasteiger partial charge < -0.3 is 10.2 Å². The number of nitrogens with one attached hydrogen (secondary N) is 1. The second-order valence-corrected chi connectivity index (χ2v) is 5.22. The summed E-state index contributed by atoms with van der Waals surface area (Å²) in [5.41, 5.74) is -0.214. The van der Waals surface area contributed by atoms with Gasteiger partial charge in [-0.25, -0.2) is 4.98 Å². The normalized spacial score (nSPS) is 19.6. The summed E-state index contributed by atoms with van der Waals surface area (Å²) in [5.74, 6) is -0.425. The highest BCUT2D eigenvalue weighted by atomic mass is 35.5. The smallest absolute Gasteiger partial charge is 0.288 e. The van der Waals surface area contributed by atoms with Crippen LogP contribution in [0.1, 0.15) is 23.2 Å². The summed E-state index contributed by atoms with van der Waals surface area (Å²) in [6, 6.07) is 1.17. The summed E-state index contributed by atoms with van der Waals surface area (Å²) in [4.78, 5) is 28.0. The fraction of sp³-hybridized carbons (Fsp3) is 0.500. The van der Waals surface area contributed by atoms with Crippen LogP contribution in [0.5, 0.6) is 0 Å². The SMILES string of the molecule is CN1CCCC(NC(=O)c2cc([N+](=O)[O-])cnc2Cl)C1. The molecule has 1 amide bonds. The van der Waals surface area contributed by atoms with Gasteiger partial charge >= 0.3 is 0 Å². The van der Waals surface area contributed by atoms with Gasteiger partial charge in [0.1, 0.15) is 11.3 Å². The Morgan fingerprint density at radius 2 is 2.40 bits per heavy atom. The second kappa shape index (κ2) is 6.15. The number of piperidine rings is 1. The molecule has 0 spiro atoms. The van der Waals surface area contributed by atoms with Crippen LogP contribution in [0.3, 0.4) is 0 Å². The van der Waals surface area contributed by atoms with Crippen molar-refractivity contribution in [1.82, 2.24) is 15.2 Å². The van der Waals surface area contributed by atoms with E-state index in [1.165, 1.54) is 0 Å². The van der Waals surface area contributed by atoms with Gasteiger partial charge in [-0.05, 0) is 26.4 Å². The van der Waals surface area contributed by atoms with Crippen molar-refractivity contribution in [2.24, 2.45) is 0 Å². The van der Waals surface area contributed by atoms with E-state index in [1.54, 1.807) is 0 Å². The van der Waals surface area contributed by atoms with E-state index in [4.69, 9.17) is 11.6 Å². The monoisotopic (exact) mass is 298 g/mol. The Bertz CT molecular complexity index is 537. The topological polar surface area (TPSA) is 88.4 Å². The van der Waals surface area contributed by atoms with Crippen LogP contribution in [0.2, 0.25) is 5.15 Å². The van der Waals surface area contributed by atoms with E-state index in [0.717, 1.165) is 38.2 Å². The average molecular weight is 299 g/mol. The molecule has 1 unspecified atom stereocenters.